The van der Waals surface area contributed by atoms with Gasteiger partial charge in [0.25, 0.3) is 5.56 Å². The van der Waals surface area contributed by atoms with Gasteiger partial charge in [0.05, 0.1) is 16.6 Å². The second kappa shape index (κ2) is 6.38. The predicted molar refractivity (Wildman–Crippen MR) is 113 cm³/mol. The van der Waals surface area contributed by atoms with Gasteiger partial charge in [0.15, 0.2) is 11.5 Å². The fourth-order valence-corrected chi connectivity index (χ4v) is 3.94. The Kier molecular flexibility index (Phi) is 3.92. The van der Waals surface area contributed by atoms with Crippen molar-refractivity contribution in [3.05, 3.63) is 74.0 Å². The van der Waals surface area contributed by atoms with Crippen molar-refractivity contribution in [2.45, 2.75) is 0 Å². The lowest BCUT2D eigenvalue weighted by atomic mass is 10.1. The topological polar surface area (TPSA) is 67.4 Å². The number of rotatable bonds is 2. The van der Waals surface area contributed by atoms with Crippen LogP contribution in [0.1, 0.15) is 0 Å². The van der Waals surface area contributed by atoms with Crippen LogP contribution in [0.25, 0.3) is 27.8 Å². The summed E-state index contributed by atoms with van der Waals surface area (Å²) in [6.45, 7) is 0.182. The number of fused-ring (bicyclic) bond motifs is 2. The average molecular weight is 454 g/mol. The van der Waals surface area contributed by atoms with E-state index in [1.165, 1.54) is 11.6 Å². The van der Waals surface area contributed by atoms with E-state index in [-0.39, 0.29) is 18.0 Å². The lowest BCUT2D eigenvalue weighted by molar-refractivity contribution is 0.174. The molecule has 0 unspecified atom stereocenters. The lowest BCUT2D eigenvalue weighted by Crippen LogP contribution is -2.36. The summed E-state index contributed by atoms with van der Waals surface area (Å²) in [6, 6.07) is 13.3. The second-order valence-corrected chi connectivity index (χ2v) is 7.77. The van der Waals surface area contributed by atoms with Crippen LogP contribution in [0.15, 0.2) is 62.7 Å². The van der Waals surface area contributed by atoms with Crippen LogP contribution in [-0.2, 0) is 14.1 Å². The molecule has 3 heterocycles. The van der Waals surface area contributed by atoms with Crippen molar-refractivity contribution in [2.24, 2.45) is 14.1 Å². The Morgan fingerprint density at radius 2 is 1.66 bits per heavy atom. The molecule has 5 rings (SSSR count). The maximum Gasteiger partial charge on any atom is 0.330 e. The number of halogens is 1. The van der Waals surface area contributed by atoms with E-state index >= 15 is 0 Å². The van der Waals surface area contributed by atoms with Crippen molar-refractivity contribution < 1.29 is 9.47 Å². The highest BCUT2D eigenvalue weighted by molar-refractivity contribution is 9.10. The Morgan fingerprint density at radius 3 is 2.41 bits per heavy atom. The number of hydrogen-bond donors (Lipinski definition) is 0. The molecule has 1 aliphatic heterocycles. The molecule has 146 valence electrons. The minimum Gasteiger partial charge on any atom is -0.454 e. The molecule has 0 saturated heterocycles. The maximum atomic E-state index is 13.1. The maximum absolute atomic E-state index is 13.1. The molecule has 7 nitrogen and oxygen atoms in total. The van der Waals surface area contributed by atoms with E-state index in [1.807, 2.05) is 53.2 Å². The van der Waals surface area contributed by atoms with Crippen LogP contribution in [-0.4, -0.2) is 20.5 Å². The summed E-state index contributed by atoms with van der Waals surface area (Å²) in [5.41, 5.74) is 2.24. The molecule has 0 amide bonds. The van der Waals surface area contributed by atoms with Crippen molar-refractivity contribution in [3.8, 4) is 28.4 Å². The van der Waals surface area contributed by atoms with Gasteiger partial charge >= 0.3 is 5.69 Å². The average Bonchev–Trinajstić information content (AvgIpc) is 3.35. The molecule has 0 aliphatic carbocycles. The first kappa shape index (κ1) is 17.8. The van der Waals surface area contributed by atoms with Crippen molar-refractivity contribution >= 4 is 26.8 Å². The van der Waals surface area contributed by atoms with Gasteiger partial charge in [-0.2, -0.15) is 0 Å². The van der Waals surface area contributed by atoms with E-state index in [2.05, 4.69) is 15.9 Å². The van der Waals surface area contributed by atoms with Crippen LogP contribution in [0, 0.1) is 0 Å². The Labute approximate surface area is 173 Å². The van der Waals surface area contributed by atoms with Crippen LogP contribution in [0.4, 0.5) is 0 Å². The van der Waals surface area contributed by atoms with E-state index in [0.29, 0.717) is 28.1 Å². The van der Waals surface area contributed by atoms with Gasteiger partial charge in [-0.3, -0.25) is 13.9 Å². The molecule has 1 aliphatic rings. The van der Waals surface area contributed by atoms with Gasteiger partial charge in [0.2, 0.25) is 6.79 Å². The summed E-state index contributed by atoms with van der Waals surface area (Å²) in [5, 5.41) is 0.481. The number of aryl methyl sites for hydroxylation is 1. The third kappa shape index (κ3) is 2.63. The number of nitrogens with zero attached hydrogens (tertiary/aromatic N) is 3. The van der Waals surface area contributed by atoms with E-state index < -0.39 is 0 Å². The highest BCUT2D eigenvalue weighted by Gasteiger charge is 2.22. The number of benzene rings is 2. The number of ether oxygens (including phenoxy) is 2. The van der Waals surface area contributed by atoms with Crippen LogP contribution >= 0.6 is 15.9 Å². The molecule has 29 heavy (non-hydrogen) atoms. The monoisotopic (exact) mass is 453 g/mol. The molecule has 0 N–H and O–H groups in total. The van der Waals surface area contributed by atoms with Crippen molar-refractivity contribution in [1.82, 2.24) is 13.7 Å². The molecule has 0 saturated carbocycles. The predicted octanol–water partition coefficient (Wildman–Crippen LogP) is 3.19. The molecule has 0 fully saturated rings. The quantitative estimate of drug-likeness (QED) is 0.467. The minimum absolute atomic E-state index is 0.182. The van der Waals surface area contributed by atoms with E-state index in [4.69, 9.17) is 9.47 Å². The van der Waals surface area contributed by atoms with Gasteiger partial charge in [-0.1, -0.05) is 28.1 Å². The molecule has 2 aromatic heterocycles. The molecular formula is C21H16BrN3O4. The van der Waals surface area contributed by atoms with Gasteiger partial charge < -0.3 is 14.0 Å². The van der Waals surface area contributed by atoms with Gasteiger partial charge in [-0.15, -0.1) is 0 Å². The Hall–Kier alpha value is -3.26. The zero-order valence-corrected chi connectivity index (χ0v) is 17.3. The molecule has 2 aromatic carbocycles. The molecule has 8 heteroatoms. The van der Waals surface area contributed by atoms with E-state index in [9.17, 15) is 9.59 Å². The van der Waals surface area contributed by atoms with Crippen LogP contribution in [0.5, 0.6) is 11.5 Å². The molecule has 0 radical (unpaired) electrons. The highest BCUT2D eigenvalue weighted by Crippen LogP contribution is 2.37. The molecule has 0 bridgehead atoms. The highest BCUT2D eigenvalue weighted by atomic mass is 79.9. The summed E-state index contributed by atoms with van der Waals surface area (Å²) in [5.74, 6) is 1.32. The van der Waals surface area contributed by atoms with Crippen molar-refractivity contribution in [3.63, 3.8) is 0 Å². The largest absolute Gasteiger partial charge is 0.454 e. The summed E-state index contributed by atoms with van der Waals surface area (Å²) in [4.78, 5) is 25.5. The first-order valence-electron chi connectivity index (χ1n) is 8.93. The van der Waals surface area contributed by atoms with Gasteiger partial charge in [0.1, 0.15) is 0 Å². The fraction of sp³-hybridized carbons (Fsp3) is 0.143. The van der Waals surface area contributed by atoms with Crippen LogP contribution in [0.3, 0.4) is 0 Å². The number of hydrogen-bond acceptors (Lipinski definition) is 4. The normalized spacial score (nSPS) is 12.7. The summed E-state index contributed by atoms with van der Waals surface area (Å²) in [6.07, 6.45) is 1.81. The standard InChI is InChI=1S/C21H16BrN3O4/c1-23-15-10-25(14-7-8-16-17(9-14)29-11-28-16)19(12-3-5-13(22)6-4-12)18(15)20(26)24(2)21(23)27/h3-10H,11H2,1-2H3. The Morgan fingerprint density at radius 1 is 0.931 bits per heavy atom. The zero-order valence-electron chi connectivity index (χ0n) is 15.7. The molecule has 0 atom stereocenters. The van der Waals surface area contributed by atoms with E-state index in [0.717, 1.165) is 20.3 Å². The van der Waals surface area contributed by atoms with Gasteiger partial charge in [0, 0.05) is 36.5 Å². The summed E-state index contributed by atoms with van der Waals surface area (Å²) < 4.78 is 16.4. The minimum atomic E-state index is -0.368. The summed E-state index contributed by atoms with van der Waals surface area (Å²) in [7, 11) is 3.16. The second-order valence-electron chi connectivity index (χ2n) is 6.86. The van der Waals surface area contributed by atoms with E-state index in [1.54, 1.807) is 7.05 Å². The zero-order chi connectivity index (χ0) is 20.3. The third-order valence-electron chi connectivity index (χ3n) is 5.19. The number of aromatic nitrogens is 3. The molecule has 4 aromatic rings. The van der Waals surface area contributed by atoms with Crippen molar-refractivity contribution in [2.75, 3.05) is 6.79 Å². The first-order chi connectivity index (χ1) is 14.0. The van der Waals surface area contributed by atoms with Gasteiger partial charge in [-0.05, 0) is 29.8 Å². The van der Waals surface area contributed by atoms with Gasteiger partial charge in [-0.25, -0.2) is 4.79 Å². The lowest BCUT2D eigenvalue weighted by Gasteiger charge is -2.11. The van der Waals surface area contributed by atoms with Crippen LogP contribution in [0.2, 0.25) is 0 Å². The fourth-order valence-electron chi connectivity index (χ4n) is 3.67. The Balaban J connectivity index is 1.91. The smallest absolute Gasteiger partial charge is 0.330 e. The van der Waals surface area contributed by atoms with Crippen LogP contribution < -0.4 is 20.7 Å². The summed E-state index contributed by atoms with van der Waals surface area (Å²) >= 11 is 3.45. The van der Waals surface area contributed by atoms with Crippen molar-refractivity contribution in [1.29, 1.82) is 0 Å². The molecular weight excluding hydrogens is 438 g/mol. The Bertz CT molecular complexity index is 1400. The third-order valence-corrected chi connectivity index (χ3v) is 5.72. The SMILES string of the molecule is Cn1c(=O)c2c(-c3ccc(Br)cc3)n(-c3ccc4c(c3)OCO4)cc2n(C)c1=O. The molecule has 0 spiro atoms. The first-order valence-corrected chi connectivity index (χ1v) is 9.72.